The van der Waals surface area contributed by atoms with Crippen molar-refractivity contribution < 1.29 is 18.8 Å². The molecule has 0 radical (unpaired) electrons. The number of rotatable bonds is 3. The molecule has 0 aliphatic carbocycles. The summed E-state index contributed by atoms with van der Waals surface area (Å²) in [5.74, 6) is 1.37. The fourth-order valence-corrected chi connectivity index (χ4v) is 3.15. The van der Waals surface area contributed by atoms with Crippen LogP contribution in [0, 0.1) is 0 Å². The van der Waals surface area contributed by atoms with Gasteiger partial charge in [-0.3, -0.25) is 0 Å². The summed E-state index contributed by atoms with van der Waals surface area (Å²) in [4.78, 5) is 0. The Morgan fingerprint density at radius 3 is 2.17 bits per heavy atom. The minimum absolute atomic E-state index is 0.334. The van der Waals surface area contributed by atoms with E-state index < -0.39 is 0 Å². The van der Waals surface area contributed by atoms with E-state index in [4.69, 9.17) is 18.8 Å². The lowest BCUT2D eigenvalue weighted by Crippen LogP contribution is -2.41. The molecule has 0 unspecified atom stereocenters. The van der Waals surface area contributed by atoms with Crippen LogP contribution >= 0.6 is 0 Å². The van der Waals surface area contributed by atoms with Crippen LogP contribution in [0.2, 0.25) is 0 Å². The molecule has 3 rings (SSSR count). The van der Waals surface area contributed by atoms with Crippen LogP contribution in [0.5, 0.6) is 5.75 Å². The van der Waals surface area contributed by atoms with Crippen molar-refractivity contribution in [3.8, 4) is 5.75 Å². The zero-order valence-corrected chi connectivity index (χ0v) is 14.8. The summed E-state index contributed by atoms with van der Waals surface area (Å²) < 4.78 is 23.4. The van der Waals surface area contributed by atoms with E-state index in [1.165, 1.54) is 5.56 Å². The highest BCUT2D eigenvalue weighted by molar-refractivity contribution is 6.62. The Morgan fingerprint density at radius 2 is 1.61 bits per heavy atom. The van der Waals surface area contributed by atoms with Crippen molar-refractivity contribution >= 4 is 12.6 Å². The summed E-state index contributed by atoms with van der Waals surface area (Å²) in [6, 6.07) is 6.36. The summed E-state index contributed by atoms with van der Waals surface area (Å²) in [5, 5.41) is 0. The third kappa shape index (κ3) is 3.28. The van der Waals surface area contributed by atoms with E-state index in [-0.39, 0.29) is 18.3 Å². The van der Waals surface area contributed by atoms with Crippen LogP contribution in [0.3, 0.4) is 0 Å². The Morgan fingerprint density at radius 1 is 1.00 bits per heavy atom. The van der Waals surface area contributed by atoms with E-state index in [1.54, 1.807) is 7.11 Å². The fourth-order valence-electron chi connectivity index (χ4n) is 3.15. The normalized spacial score (nSPS) is 24.0. The van der Waals surface area contributed by atoms with Gasteiger partial charge in [0.2, 0.25) is 0 Å². The van der Waals surface area contributed by atoms with E-state index in [2.05, 4.69) is 39.8 Å². The molecule has 2 heterocycles. The highest BCUT2D eigenvalue weighted by Crippen LogP contribution is 2.37. The van der Waals surface area contributed by atoms with Gasteiger partial charge in [0.25, 0.3) is 0 Å². The van der Waals surface area contributed by atoms with E-state index in [9.17, 15) is 0 Å². The maximum atomic E-state index is 6.19. The van der Waals surface area contributed by atoms with Gasteiger partial charge in [0, 0.05) is 13.2 Å². The van der Waals surface area contributed by atoms with Crippen molar-refractivity contribution in [2.75, 3.05) is 20.3 Å². The highest BCUT2D eigenvalue weighted by Gasteiger charge is 2.51. The number of hydrogen-bond acceptors (Lipinski definition) is 4. The Kier molecular flexibility index (Phi) is 4.47. The first-order chi connectivity index (χ1) is 10.8. The molecular weight excluding hydrogens is 291 g/mol. The van der Waals surface area contributed by atoms with Crippen molar-refractivity contribution in [1.82, 2.24) is 0 Å². The zero-order chi connectivity index (χ0) is 16.7. The second kappa shape index (κ2) is 6.12. The molecule has 2 aliphatic rings. The second-order valence-corrected chi connectivity index (χ2v) is 7.51. The molecule has 0 aromatic heterocycles. The smallest absolute Gasteiger partial charge is 0.494 e. The van der Waals surface area contributed by atoms with Gasteiger partial charge in [0.1, 0.15) is 5.75 Å². The average Bonchev–Trinajstić information content (AvgIpc) is 2.76. The summed E-state index contributed by atoms with van der Waals surface area (Å²) in [5.41, 5.74) is 1.65. The van der Waals surface area contributed by atoms with Crippen LogP contribution < -0.4 is 10.2 Å². The summed E-state index contributed by atoms with van der Waals surface area (Å²) in [7, 11) is 1.35. The second-order valence-electron chi connectivity index (χ2n) is 7.51. The lowest BCUT2D eigenvalue weighted by atomic mass is 9.76. The predicted molar refractivity (Wildman–Crippen MR) is 91.5 cm³/mol. The summed E-state index contributed by atoms with van der Waals surface area (Å²) in [6.45, 7) is 9.96. The standard InChI is InChI=1S/C18H27BO4/c1-17(2)18(3,4)23-19(22-17)15-10-14(11-16(12-15)20-5)13-6-8-21-9-7-13/h10-13H,6-9H2,1-5H3. The van der Waals surface area contributed by atoms with Crippen LogP contribution in [-0.2, 0) is 14.0 Å². The van der Waals surface area contributed by atoms with Crippen LogP contribution in [-0.4, -0.2) is 38.6 Å². The minimum Gasteiger partial charge on any atom is -0.497 e. The van der Waals surface area contributed by atoms with Gasteiger partial charge in [-0.2, -0.15) is 0 Å². The third-order valence-corrected chi connectivity index (χ3v) is 5.41. The average molecular weight is 318 g/mol. The first-order valence-electron chi connectivity index (χ1n) is 8.45. The third-order valence-electron chi connectivity index (χ3n) is 5.41. The molecule has 1 aromatic rings. The lowest BCUT2D eigenvalue weighted by Gasteiger charge is -2.32. The minimum atomic E-state index is -0.353. The molecule has 0 saturated carbocycles. The maximum absolute atomic E-state index is 6.19. The van der Waals surface area contributed by atoms with E-state index in [0.717, 1.165) is 37.3 Å². The summed E-state index contributed by atoms with van der Waals surface area (Å²) in [6.07, 6.45) is 2.10. The topological polar surface area (TPSA) is 36.9 Å². The Hall–Kier alpha value is -1.04. The van der Waals surface area contributed by atoms with Crippen LogP contribution in [0.4, 0.5) is 0 Å². The quantitative estimate of drug-likeness (QED) is 0.803. The molecule has 0 bridgehead atoms. The number of ether oxygens (including phenoxy) is 2. The van der Waals surface area contributed by atoms with Gasteiger partial charge in [-0.1, -0.05) is 6.07 Å². The largest absolute Gasteiger partial charge is 0.497 e. The molecule has 2 saturated heterocycles. The fraction of sp³-hybridized carbons (Fsp3) is 0.667. The van der Waals surface area contributed by atoms with E-state index >= 15 is 0 Å². The molecule has 126 valence electrons. The van der Waals surface area contributed by atoms with Crippen molar-refractivity contribution in [2.45, 2.75) is 57.7 Å². The van der Waals surface area contributed by atoms with Gasteiger partial charge >= 0.3 is 7.12 Å². The maximum Gasteiger partial charge on any atom is 0.494 e. The Balaban J connectivity index is 1.90. The molecule has 0 spiro atoms. The van der Waals surface area contributed by atoms with Crippen molar-refractivity contribution in [1.29, 1.82) is 0 Å². The van der Waals surface area contributed by atoms with Gasteiger partial charge in [0.05, 0.1) is 18.3 Å². The Bertz CT molecular complexity index is 548. The van der Waals surface area contributed by atoms with Gasteiger partial charge in [0.15, 0.2) is 0 Å². The molecule has 1 aromatic carbocycles. The predicted octanol–water partition coefficient (Wildman–Crippen LogP) is 2.89. The van der Waals surface area contributed by atoms with E-state index in [0.29, 0.717) is 5.92 Å². The first-order valence-corrected chi connectivity index (χ1v) is 8.45. The van der Waals surface area contributed by atoms with Crippen LogP contribution in [0.1, 0.15) is 52.0 Å². The highest BCUT2D eigenvalue weighted by atomic mass is 16.7. The van der Waals surface area contributed by atoms with Gasteiger partial charge in [-0.05, 0) is 69.6 Å². The van der Waals surface area contributed by atoms with Gasteiger partial charge < -0.3 is 18.8 Å². The summed E-state index contributed by atoms with van der Waals surface area (Å²) >= 11 is 0. The molecule has 0 N–H and O–H groups in total. The monoisotopic (exact) mass is 318 g/mol. The molecule has 23 heavy (non-hydrogen) atoms. The zero-order valence-electron chi connectivity index (χ0n) is 14.8. The molecule has 2 fully saturated rings. The molecular formula is C18H27BO4. The van der Waals surface area contributed by atoms with Crippen LogP contribution in [0.15, 0.2) is 18.2 Å². The van der Waals surface area contributed by atoms with Crippen molar-refractivity contribution in [3.05, 3.63) is 23.8 Å². The van der Waals surface area contributed by atoms with Crippen LogP contribution in [0.25, 0.3) is 0 Å². The first kappa shape index (κ1) is 16.8. The van der Waals surface area contributed by atoms with E-state index in [1.807, 2.05) is 6.07 Å². The number of benzene rings is 1. The van der Waals surface area contributed by atoms with Crippen molar-refractivity contribution in [3.63, 3.8) is 0 Å². The molecule has 0 amide bonds. The van der Waals surface area contributed by atoms with Gasteiger partial charge in [-0.25, -0.2) is 0 Å². The molecule has 2 aliphatic heterocycles. The Labute approximate surface area is 139 Å². The lowest BCUT2D eigenvalue weighted by molar-refractivity contribution is 0.00578. The number of methoxy groups -OCH3 is 1. The molecule has 0 atom stereocenters. The van der Waals surface area contributed by atoms with Crippen molar-refractivity contribution in [2.24, 2.45) is 0 Å². The van der Waals surface area contributed by atoms with Gasteiger partial charge in [-0.15, -0.1) is 0 Å². The SMILES string of the molecule is COc1cc(B2OC(C)(C)C(C)(C)O2)cc(C2CCOCC2)c1. The molecule has 4 nitrogen and oxygen atoms in total. The molecule has 5 heteroatoms. The number of hydrogen-bond donors (Lipinski definition) is 0.